The number of benzene rings is 1. The van der Waals surface area contributed by atoms with Gasteiger partial charge in [-0.15, -0.1) is 11.3 Å². The van der Waals surface area contributed by atoms with Crippen molar-refractivity contribution in [2.45, 2.75) is 45.8 Å². The van der Waals surface area contributed by atoms with E-state index in [4.69, 9.17) is 4.74 Å². The van der Waals surface area contributed by atoms with E-state index in [-0.39, 0.29) is 29.2 Å². The molecule has 0 atom stereocenters. The van der Waals surface area contributed by atoms with E-state index in [0.29, 0.717) is 79.9 Å². The molecule has 4 rings (SSSR count). The van der Waals surface area contributed by atoms with Gasteiger partial charge < -0.3 is 14.7 Å². The summed E-state index contributed by atoms with van der Waals surface area (Å²) in [5.74, 6) is -1.79. The maximum Gasteiger partial charge on any atom is 0.416 e. The molecule has 0 unspecified atom stereocenters. The van der Waals surface area contributed by atoms with Crippen molar-refractivity contribution in [1.29, 1.82) is 0 Å². The fourth-order valence-electron chi connectivity index (χ4n) is 5.09. The first-order valence-electron chi connectivity index (χ1n) is 14.2. The van der Waals surface area contributed by atoms with E-state index in [1.165, 1.54) is 23.7 Å². The summed E-state index contributed by atoms with van der Waals surface area (Å²) in [6.07, 6.45) is -1.11. The molecular weight excluding hydrogens is 602 g/mol. The molecule has 0 aliphatic carbocycles. The van der Waals surface area contributed by atoms with Gasteiger partial charge in [0.1, 0.15) is 22.3 Å². The van der Waals surface area contributed by atoms with Crippen LogP contribution in [0.25, 0.3) is 11.3 Å². The standard InChI is InChI=1S/C30H35F4N5O4S/c1-18(2)16-38(8-9-43-3)17-25-28(20-10-21(30(32,33)34)12-22(31)11-20)37-27(44-25)13-24(40)23-14-36-26(15-35-23)39-6-4-19(5-7-39)29(41)42/h10-12,14-15,18-19H,4-9,13,16-17H2,1-3H3,(H,41,42). The molecule has 0 saturated carbocycles. The third-order valence-electron chi connectivity index (χ3n) is 7.25. The van der Waals surface area contributed by atoms with Gasteiger partial charge in [0, 0.05) is 50.3 Å². The molecular formula is C30H35F4N5O4S. The number of carbonyl (C=O) groups is 2. The number of hydrogen-bond donors (Lipinski definition) is 1. The predicted molar refractivity (Wildman–Crippen MR) is 157 cm³/mol. The average Bonchev–Trinajstić information content (AvgIpc) is 3.36. The highest BCUT2D eigenvalue weighted by Crippen LogP contribution is 2.36. The zero-order chi connectivity index (χ0) is 32.0. The first-order valence-corrected chi connectivity index (χ1v) is 15.1. The normalized spacial score (nSPS) is 14.5. The second-order valence-electron chi connectivity index (χ2n) is 11.2. The maximum absolute atomic E-state index is 14.4. The Labute approximate surface area is 256 Å². The van der Waals surface area contributed by atoms with E-state index in [1.807, 2.05) is 18.7 Å². The van der Waals surface area contributed by atoms with Gasteiger partial charge in [-0.1, -0.05) is 13.8 Å². The molecule has 238 valence electrons. The van der Waals surface area contributed by atoms with Gasteiger partial charge in [-0.25, -0.2) is 19.3 Å². The number of Topliss-reactive ketones (excluding diaryl/α,β-unsaturated/α-hetero) is 1. The molecule has 1 aliphatic heterocycles. The third kappa shape index (κ3) is 8.79. The number of rotatable bonds is 13. The van der Waals surface area contributed by atoms with Gasteiger partial charge in [0.2, 0.25) is 0 Å². The van der Waals surface area contributed by atoms with Crippen molar-refractivity contribution in [2.24, 2.45) is 11.8 Å². The highest BCUT2D eigenvalue weighted by atomic mass is 32.1. The van der Waals surface area contributed by atoms with Gasteiger partial charge >= 0.3 is 12.1 Å². The number of anilines is 1. The second-order valence-corrected chi connectivity index (χ2v) is 12.4. The lowest BCUT2D eigenvalue weighted by Gasteiger charge is -2.30. The van der Waals surface area contributed by atoms with Crippen LogP contribution in [0.5, 0.6) is 0 Å². The van der Waals surface area contributed by atoms with Crippen LogP contribution in [0.1, 0.15) is 52.6 Å². The van der Waals surface area contributed by atoms with Crippen LogP contribution in [0.4, 0.5) is 23.4 Å². The Bertz CT molecular complexity index is 1440. The lowest BCUT2D eigenvalue weighted by atomic mass is 9.97. The van der Waals surface area contributed by atoms with Crippen LogP contribution in [-0.2, 0) is 28.7 Å². The monoisotopic (exact) mass is 637 g/mol. The van der Waals surface area contributed by atoms with Crippen molar-refractivity contribution in [2.75, 3.05) is 44.8 Å². The predicted octanol–water partition coefficient (Wildman–Crippen LogP) is 5.59. The van der Waals surface area contributed by atoms with E-state index in [0.717, 1.165) is 12.1 Å². The topological polar surface area (TPSA) is 109 Å². The molecule has 9 nitrogen and oxygen atoms in total. The molecule has 0 amide bonds. The number of ether oxygens (including phenoxy) is 1. The van der Waals surface area contributed by atoms with Gasteiger partial charge in [0.25, 0.3) is 0 Å². The quantitative estimate of drug-likeness (QED) is 0.190. The van der Waals surface area contributed by atoms with Crippen LogP contribution in [0, 0.1) is 17.7 Å². The molecule has 0 radical (unpaired) electrons. The summed E-state index contributed by atoms with van der Waals surface area (Å²) in [5.41, 5.74) is -0.848. The van der Waals surface area contributed by atoms with Gasteiger partial charge in [0.15, 0.2) is 5.78 Å². The molecule has 0 spiro atoms. The number of aromatic nitrogens is 3. The molecule has 3 heterocycles. The Kier molecular flexibility index (Phi) is 11.0. The molecule has 1 saturated heterocycles. The average molecular weight is 638 g/mol. The summed E-state index contributed by atoms with van der Waals surface area (Å²) in [4.78, 5) is 42.2. The number of carboxylic acids is 1. The first kappa shape index (κ1) is 33.4. The minimum absolute atomic E-state index is 0.0191. The summed E-state index contributed by atoms with van der Waals surface area (Å²) < 4.78 is 60.2. The number of hydrogen-bond acceptors (Lipinski definition) is 9. The van der Waals surface area contributed by atoms with Crippen LogP contribution < -0.4 is 4.90 Å². The van der Waals surface area contributed by atoms with Gasteiger partial charge in [-0.2, -0.15) is 13.2 Å². The Balaban J connectivity index is 1.58. The summed E-state index contributed by atoms with van der Waals surface area (Å²) in [5, 5.41) is 9.56. The number of aliphatic carboxylic acids is 1. The zero-order valence-corrected chi connectivity index (χ0v) is 25.6. The van der Waals surface area contributed by atoms with Crippen molar-refractivity contribution in [3.8, 4) is 11.3 Å². The number of methoxy groups -OCH3 is 1. The smallest absolute Gasteiger partial charge is 0.416 e. The molecule has 0 bridgehead atoms. The number of nitrogens with zero attached hydrogens (tertiary/aromatic N) is 5. The fourth-order valence-corrected chi connectivity index (χ4v) is 6.22. The molecule has 1 fully saturated rings. The number of thiazole rings is 1. The van der Waals surface area contributed by atoms with Gasteiger partial charge in [-0.3, -0.25) is 14.5 Å². The van der Waals surface area contributed by atoms with Gasteiger partial charge in [0.05, 0.1) is 42.6 Å². The van der Waals surface area contributed by atoms with E-state index in [1.54, 1.807) is 7.11 Å². The third-order valence-corrected chi connectivity index (χ3v) is 8.29. The van der Waals surface area contributed by atoms with Crippen LogP contribution in [0.2, 0.25) is 0 Å². The highest BCUT2D eigenvalue weighted by Gasteiger charge is 2.32. The van der Waals surface area contributed by atoms with Crippen molar-refractivity contribution in [3.63, 3.8) is 0 Å². The minimum Gasteiger partial charge on any atom is -0.481 e. The zero-order valence-electron chi connectivity index (χ0n) is 24.7. The van der Waals surface area contributed by atoms with Crippen LogP contribution in [0.3, 0.4) is 0 Å². The Morgan fingerprint density at radius 3 is 2.48 bits per heavy atom. The van der Waals surface area contributed by atoms with E-state index in [9.17, 15) is 32.3 Å². The Morgan fingerprint density at radius 1 is 1.16 bits per heavy atom. The molecule has 3 aromatic rings. The molecule has 44 heavy (non-hydrogen) atoms. The maximum atomic E-state index is 14.4. The van der Waals surface area contributed by atoms with Crippen LogP contribution in [0.15, 0.2) is 30.6 Å². The molecule has 2 aromatic heterocycles. The highest BCUT2D eigenvalue weighted by molar-refractivity contribution is 7.12. The first-order chi connectivity index (χ1) is 20.8. The lowest BCUT2D eigenvalue weighted by Crippen LogP contribution is -2.36. The SMILES string of the molecule is COCCN(Cc1sc(CC(=O)c2cnc(N3CCC(C(=O)O)CC3)cn2)nc1-c1cc(F)cc(C(F)(F)F)c1)CC(C)C. The lowest BCUT2D eigenvalue weighted by molar-refractivity contribution is -0.142. The number of carbonyl (C=O) groups excluding carboxylic acids is 1. The van der Waals surface area contributed by atoms with E-state index in [2.05, 4.69) is 19.9 Å². The Hall–Kier alpha value is -3.49. The molecule has 1 aromatic carbocycles. The number of carboxylic acid groups (broad SMARTS) is 1. The molecule has 1 aliphatic rings. The fraction of sp³-hybridized carbons (Fsp3) is 0.500. The number of ketones is 1. The van der Waals surface area contributed by atoms with Crippen molar-refractivity contribution < 1.29 is 37.0 Å². The molecule has 14 heteroatoms. The largest absolute Gasteiger partial charge is 0.481 e. The number of alkyl halides is 3. The summed E-state index contributed by atoms with van der Waals surface area (Å²) in [6, 6.07) is 2.34. The number of piperidine rings is 1. The van der Waals surface area contributed by atoms with Crippen molar-refractivity contribution in [1.82, 2.24) is 19.9 Å². The summed E-state index contributed by atoms with van der Waals surface area (Å²) >= 11 is 1.19. The molecule has 1 N–H and O–H groups in total. The van der Waals surface area contributed by atoms with Crippen LogP contribution >= 0.6 is 11.3 Å². The van der Waals surface area contributed by atoms with Crippen molar-refractivity contribution in [3.05, 3.63) is 57.6 Å². The summed E-state index contributed by atoms with van der Waals surface area (Å²) in [7, 11) is 1.58. The number of halogens is 4. The summed E-state index contributed by atoms with van der Waals surface area (Å²) in [6.45, 7) is 7.13. The van der Waals surface area contributed by atoms with Crippen LogP contribution in [-0.4, -0.2) is 76.6 Å². The second kappa shape index (κ2) is 14.5. The van der Waals surface area contributed by atoms with Crippen molar-refractivity contribution >= 4 is 28.9 Å². The van der Waals surface area contributed by atoms with E-state index < -0.39 is 29.4 Å². The Morgan fingerprint density at radius 2 is 1.89 bits per heavy atom. The van der Waals surface area contributed by atoms with Gasteiger partial charge in [-0.05, 0) is 37.0 Å². The van der Waals surface area contributed by atoms with E-state index >= 15 is 0 Å². The minimum atomic E-state index is -4.75.